The number of nitrogens with zero attached hydrogens (tertiary/aromatic N) is 2. The van der Waals surface area contributed by atoms with Crippen LogP contribution in [0, 0.1) is 5.82 Å². The predicted octanol–water partition coefficient (Wildman–Crippen LogP) is 2.71. The second kappa shape index (κ2) is 6.90. The minimum atomic E-state index is -1.32. The van der Waals surface area contributed by atoms with Crippen LogP contribution in [0.5, 0.6) is 5.75 Å². The Kier molecular flexibility index (Phi) is 5.33. The molecule has 0 bridgehead atoms. The van der Waals surface area contributed by atoms with Gasteiger partial charge in [-0.05, 0) is 38.5 Å². The van der Waals surface area contributed by atoms with E-state index in [9.17, 15) is 8.94 Å². The van der Waals surface area contributed by atoms with Crippen molar-refractivity contribution < 1.29 is 13.7 Å². The first kappa shape index (κ1) is 17.8. The molecule has 2 atom stereocenters. The number of imidazole rings is 1. The molecule has 0 aliphatic carbocycles. The summed E-state index contributed by atoms with van der Waals surface area (Å²) in [6, 6.07) is 4.27. The fourth-order valence-corrected chi connectivity index (χ4v) is 2.92. The standard InChI is InChI=1S/C16H22FN3O2S/c1-16(2,3)23(21)19-15(13-9-18-10-20(13)4)11-6-7-14(22-5)12(17)8-11/h6-10,15,19H,1-5H3/t15?,23-/m1/s1. The molecule has 7 heteroatoms. The topological polar surface area (TPSA) is 62.1 Å². The molecule has 0 aliphatic rings. The highest BCUT2D eigenvalue weighted by Crippen LogP contribution is 2.28. The molecule has 0 radical (unpaired) electrons. The predicted molar refractivity (Wildman–Crippen MR) is 89.0 cm³/mol. The van der Waals surface area contributed by atoms with Crippen LogP contribution in [0.1, 0.15) is 38.1 Å². The van der Waals surface area contributed by atoms with Crippen molar-refractivity contribution in [2.45, 2.75) is 31.6 Å². The summed E-state index contributed by atoms with van der Waals surface area (Å²) in [7, 11) is 3.26. The lowest BCUT2D eigenvalue weighted by molar-refractivity contribution is 0.386. The number of hydrogen-bond acceptors (Lipinski definition) is 4. The number of ether oxygens (including phenoxy) is 1. The summed E-state index contributed by atoms with van der Waals surface area (Å²) in [5, 5.41) is 0. The summed E-state index contributed by atoms with van der Waals surface area (Å²) in [4.78, 5) is 4.10. The summed E-state index contributed by atoms with van der Waals surface area (Å²) in [6.45, 7) is 5.64. The van der Waals surface area contributed by atoms with Gasteiger partial charge in [-0.2, -0.15) is 0 Å². The summed E-state index contributed by atoms with van der Waals surface area (Å²) < 4.78 is 36.0. The van der Waals surface area contributed by atoms with Crippen LogP contribution in [-0.4, -0.2) is 26.0 Å². The first-order valence-electron chi connectivity index (χ1n) is 7.21. The molecule has 0 amide bonds. The lowest BCUT2D eigenvalue weighted by Gasteiger charge is -2.28. The zero-order valence-electron chi connectivity index (χ0n) is 14.0. The molecule has 2 aromatic rings. The summed E-state index contributed by atoms with van der Waals surface area (Å²) in [6.07, 6.45) is 3.34. The number of hydrogen-bond donors (Lipinski definition) is 1. The van der Waals surface area contributed by atoms with E-state index in [1.807, 2.05) is 32.4 Å². The van der Waals surface area contributed by atoms with Crippen LogP contribution in [-0.2, 0) is 18.4 Å². The van der Waals surface area contributed by atoms with Gasteiger partial charge in [0.1, 0.15) is 10.8 Å². The molecule has 2 rings (SSSR count). The smallest absolute Gasteiger partial charge is 0.165 e. The molecule has 0 aliphatic heterocycles. The molecule has 0 saturated carbocycles. The van der Waals surface area contributed by atoms with E-state index in [1.54, 1.807) is 24.7 Å². The molecule has 1 aromatic carbocycles. The van der Waals surface area contributed by atoms with Crippen molar-refractivity contribution in [1.82, 2.24) is 14.3 Å². The van der Waals surface area contributed by atoms with Crippen molar-refractivity contribution in [3.8, 4) is 5.75 Å². The van der Waals surface area contributed by atoms with E-state index in [0.29, 0.717) is 5.56 Å². The van der Waals surface area contributed by atoms with Gasteiger partial charge in [0.05, 0.1) is 25.3 Å². The fourth-order valence-electron chi connectivity index (χ4n) is 2.09. The van der Waals surface area contributed by atoms with Crippen LogP contribution in [0.4, 0.5) is 4.39 Å². The van der Waals surface area contributed by atoms with Crippen LogP contribution in [0.3, 0.4) is 0 Å². The van der Waals surface area contributed by atoms with Gasteiger partial charge in [0, 0.05) is 18.4 Å². The van der Waals surface area contributed by atoms with Gasteiger partial charge in [-0.1, -0.05) is 6.07 Å². The van der Waals surface area contributed by atoms with Gasteiger partial charge in [0.2, 0.25) is 0 Å². The third-order valence-electron chi connectivity index (χ3n) is 3.44. The Balaban J connectivity index is 2.42. The third kappa shape index (κ3) is 4.04. The zero-order chi connectivity index (χ0) is 17.2. The van der Waals surface area contributed by atoms with Gasteiger partial charge in [-0.3, -0.25) is 0 Å². The minimum Gasteiger partial charge on any atom is -0.598 e. The van der Waals surface area contributed by atoms with Gasteiger partial charge in [0.15, 0.2) is 11.6 Å². The number of aromatic nitrogens is 2. The molecular formula is C16H22FN3O2S. The highest BCUT2D eigenvalue weighted by Gasteiger charge is 2.32. The van der Waals surface area contributed by atoms with Crippen LogP contribution in [0.2, 0.25) is 0 Å². The van der Waals surface area contributed by atoms with Crippen molar-refractivity contribution in [2.75, 3.05) is 7.11 Å². The van der Waals surface area contributed by atoms with Gasteiger partial charge in [0.25, 0.3) is 0 Å². The Hall–Kier alpha value is -1.57. The van der Waals surface area contributed by atoms with Gasteiger partial charge in [-0.25, -0.2) is 9.37 Å². The summed E-state index contributed by atoms with van der Waals surface area (Å²) in [5.74, 6) is -0.282. The maximum absolute atomic E-state index is 14.1. The van der Waals surface area contributed by atoms with E-state index in [1.165, 1.54) is 13.2 Å². The highest BCUT2D eigenvalue weighted by molar-refractivity contribution is 7.90. The normalized spacial score (nSPS) is 14.6. The van der Waals surface area contributed by atoms with Gasteiger partial charge < -0.3 is 13.9 Å². The largest absolute Gasteiger partial charge is 0.598 e. The van der Waals surface area contributed by atoms with Gasteiger partial charge in [-0.15, -0.1) is 4.72 Å². The molecule has 1 aromatic heterocycles. The molecule has 0 fully saturated rings. The summed E-state index contributed by atoms with van der Waals surface area (Å²) in [5.41, 5.74) is 1.46. The molecule has 0 spiro atoms. The Labute approximate surface area is 139 Å². The van der Waals surface area contributed by atoms with Crippen molar-refractivity contribution in [3.63, 3.8) is 0 Å². The fraction of sp³-hybridized carbons (Fsp3) is 0.438. The number of rotatable bonds is 5. The van der Waals surface area contributed by atoms with Crippen LogP contribution in [0.25, 0.3) is 0 Å². The van der Waals surface area contributed by atoms with Crippen LogP contribution in [0.15, 0.2) is 30.7 Å². The van der Waals surface area contributed by atoms with Gasteiger partial charge >= 0.3 is 0 Å². The Bertz CT molecular complexity index is 670. The van der Waals surface area contributed by atoms with E-state index >= 15 is 0 Å². The van der Waals surface area contributed by atoms with E-state index in [2.05, 4.69) is 9.71 Å². The summed E-state index contributed by atoms with van der Waals surface area (Å²) >= 11 is -1.32. The molecular weight excluding hydrogens is 317 g/mol. The molecule has 1 heterocycles. The zero-order valence-corrected chi connectivity index (χ0v) is 14.8. The Morgan fingerprint density at radius 3 is 2.57 bits per heavy atom. The monoisotopic (exact) mass is 339 g/mol. The van der Waals surface area contributed by atoms with E-state index < -0.39 is 28.0 Å². The van der Waals surface area contributed by atoms with Crippen molar-refractivity contribution in [1.29, 1.82) is 0 Å². The molecule has 1 unspecified atom stereocenters. The van der Waals surface area contributed by atoms with Crippen LogP contribution < -0.4 is 9.46 Å². The quantitative estimate of drug-likeness (QED) is 0.851. The Morgan fingerprint density at radius 2 is 2.09 bits per heavy atom. The maximum Gasteiger partial charge on any atom is 0.165 e. The average molecular weight is 339 g/mol. The van der Waals surface area contributed by atoms with Crippen molar-refractivity contribution in [3.05, 3.63) is 47.8 Å². The van der Waals surface area contributed by atoms with E-state index in [-0.39, 0.29) is 5.75 Å². The van der Waals surface area contributed by atoms with E-state index in [4.69, 9.17) is 4.74 Å². The van der Waals surface area contributed by atoms with Crippen molar-refractivity contribution >= 4 is 11.4 Å². The first-order valence-corrected chi connectivity index (χ1v) is 8.36. The number of nitrogens with one attached hydrogen (secondary N) is 1. The molecule has 1 N–H and O–H groups in total. The molecule has 23 heavy (non-hydrogen) atoms. The molecule has 126 valence electrons. The maximum atomic E-state index is 14.1. The second-order valence-corrected chi connectivity index (χ2v) is 8.25. The highest BCUT2D eigenvalue weighted by atomic mass is 32.2. The minimum absolute atomic E-state index is 0.175. The number of benzene rings is 1. The van der Waals surface area contributed by atoms with E-state index in [0.717, 1.165) is 5.69 Å². The first-order chi connectivity index (χ1) is 10.7. The lowest BCUT2D eigenvalue weighted by Crippen LogP contribution is -2.42. The third-order valence-corrected chi connectivity index (χ3v) is 5.00. The molecule has 0 saturated heterocycles. The average Bonchev–Trinajstić information content (AvgIpc) is 2.89. The SMILES string of the molecule is COc1ccc(C(N[S@+]([O-])C(C)(C)C)c2cncn2C)cc1F. The molecule has 5 nitrogen and oxygen atoms in total. The van der Waals surface area contributed by atoms with Crippen molar-refractivity contribution in [2.24, 2.45) is 7.05 Å². The number of aryl methyl sites for hydroxylation is 1. The van der Waals surface area contributed by atoms with Crippen LogP contribution >= 0.6 is 0 Å². The second-order valence-electron chi connectivity index (χ2n) is 6.26. The number of halogens is 1. The Morgan fingerprint density at radius 1 is 1.39 bits per heavy atom. The number of methoxy groups -OCH3 is 1. The lowest BCUT2D eigenvalue weighted by atomic mass is 10.0.